The van der Waals surface area contributed by atoms with Crippen LogP contribution >= 0.6 is 0 Å². The second kappa shape index (κ2) is 9.96. The number of morpholine rings is 2. The molecule has 2 saturated heterocycles. The third-order valence-corrected chi connectivity index (χ3v) is 7.32. The highest BCUT2D eigenvalue weighted by Gasteiger charge is 2.23. The molecule has 2 heterocycles. The Morgan fingerprint density at radius 3 is 1.54 bits per heavy atom. The van der Waals surface area contributed by atoms with Crippen molar-refractivity contribution in [3.8, 4) is 16.9 Å². The molecular formula is C30H32N2O3. The summed E-state index contributed by atoms with van der Waals surface area (Å²) in [7, 11) is 0. The summed E-state index contributed by atoms with van der Waals surface area (Å²) < 4.78 is 11.1. The fraction of sp³-hybridized carbons (Fsp3) is 0.333. The smallest absolute Gasteiger partial charge is 0.124 e. The van der Waals surface area contributed by atoms with E-state index < -0.39 is 0 Å². The van der Waals surface area contributed by atoms with Crippen molar-refractivity contribution >= 4 is 11.6 Å². The summed E-state index contributed by atoms with van der Waals surface area (Å²) in [6, 6.07) is 21.6. The third kappa shape index (κ3) is 4.65. The van der Waals surface area contributed by atoms with Crippen molar-refractivity contribution in [1.29, 1.82) is 0 Å². The molecule has 5 nitrogen and oxygen atoms in total. The molecule has 0 unspecified atom stereocenters. The van der Waals surface area contributed by atoms with Gasteiger partial charge in [-0.25, -0.2) is 0 Å². The SMILES string of the molecule is Oc1c(CN2CCOCC2)cc(C=C2c3ccccc3-c3ccccc32)cc1CN1CCOCC1. The van der Waals surface area contributed by atoms with Crippen LogP contribution in [0.1, 0.15) is 27.8 Å². The highest BCUT2D eigenvalue weighted by atomic mass is 16.5. The van der Waals surface area contributed by atoms with E-state index in [-0.39, 0.29) is 0 Å². The average Bonchev–Trinajstić information content (AvgIpc) is 3.22. The maximum Gasteiger partial charge on any atom is 0.124 e. The summed E-state index contributed by atoms with van der Waals surface area (Å²) in [5.41, 5.74) is 9.48. The third-order valence-electron chi connectivity index (χ3n) is 7.32. The Kier molecular flexibility index (Phi) is 6.40. The van der Waals surface area contributed by atoms with Crippen molar-refractivity contribution in [2.75, 3.05) is 52.6 Å². The van der Waals surface area contributed by atoms with E-state index in [1.165, 1.54) is 27.8 Å². The molecule has 35 heavy (non-hydrogen) atoms. The summed E-state index contributed by atoms with van der Waals surface area (Å²) in [5, 5.41) is 11.3. The van der Waals surface area contributed by atoms with Crippen LogP contribution in [0.3, 0.4) is 0 Å². The Hall–Kier alpha value is -2.96. The first kappa shape index (κ1) is 22.5. The van der Waals surface area contributed by atoms with Gasteiger partial charge in [0.2, 0.25) is 0 Å². The summed E-state index contributed by atoms with van der Waals surface area (Å²) in [4.78, 5) is 4.74. The molecule has 0 saturated carbocycles. The normalized spacial score (nSPS) is 18.3. The van der Waals surface area contributed by atoms with E-state index in [1.54, 1.807) is 0 Å². The number of aromatic hydroxyl groups is 1. The van der Waals surface area contributed by atoms with Gasteiger partial charge in [0.1, 0.15) is 5.75 Å². The quantitative estimate of drug-likeness (QED) is 0.463. The molecule has 0 spiro atoms. The van der Waals surface area contributed by atoms with Crippen LogP contribution in [0.2, 0.25) is 0 Å². The Labute approximate surface area is 207 Å². The van der Waals surface area contributed by atoms with Crippen LogP contribution in [0.4, 0.5) is 0 Å². The molecule has 0 bridgehead atoms. The summed E-state index contributed by atoms with van der Waals surface area (Å²) in [6.45, 7) is 8.03. The zero-order valence-corrected chi connectivity index (χ0v) is 20.1. The first-order valence-electron chi connectivity index (χ1n) is 12.6. The topological polar surface area (TPSA) is 45.2 Å². The van der Waals surface area contributed by atoms with Gasteiger partial charge in [-0.2, -0.15) is 0 Å². The van der Waals surface area contributed by atoms with Crippen molar-refractivity contribution in [2.24, 2.45) is 0 Å². The van der Waals surface area contributed by atoms with Crippen molar-refractivity contribution < 1.29 is 14.6 Å². The molecule has 3 aromatic rings. The first-order valence-corrected chi connectivity index (χ1v) is 12.6. The largest absolute Gasteiger partial charge is 0.507 e. The highest BCUT2D eigenvalue weighted by molar-refractivity contribution is 6.06. The number of rotatable bonds is 5. The van der Waals surface area contributed by atoms with Gasteiger partial charge in [0.25, 0.3) is 0 Å². The predicted molar refractivity (Wildman–Crippen MR) is 139 cm³/mol. The second-order valence-electron chi connectivity index (χ2n) is 9.61. The van der Waals surface area contributed by atoms with Crippen molar-refractivity contribution in [3.05, 3.63) is 88.5 Å². The van der Waals surface area contributed by atoms with E-state index in [0.29, 0.717) is 5.75 Å². The molecule has 5 heteroatoms. The van der Waals surface area contributed by atoms with Gasteiger partial charge in [-0.15, -0.1) is 0 Å². The Morgan fingerprint density at radius 2 is 1.09 bits per heavy atom. The summed E-state index contributed by atoms with van der Waals surface area (Å²) in [5.74, 6) is 0.428. The molecule has 0 atom stereocenters. The molecule has 2 fully saturated rings. The minimum Gasteiger partial charge on any atom is -0.507 e. The molecule has 0 amide bonds. The molecule has 3 aliphatic rings. The highest BCUT2D eigenvalue weighted by Crippen LogP contribution is 2.45. The van der Waals surface area contributed by atoms with E-state index in [0.717, 1.165) is 82.4 Å². The number of ether oxygens (including phenoxy) is 2. The van der Waals surface area contributed by atoms with Gasteiger partial charge in [0.05, 0.1) is 26.4 Å². The molecule has 0 radical (unpaired) electrons. The number of benzene rings is 3. The lowest BCUT2D eigenvalue weighted by molar-refractivity contribution is 0.0327. The van der Waals surface area contributed by atoms with Gasteiger partial charge < -0.3 is 14.6 Å². The molecular weight excluding hydrogens is 436 g/mol. The summed E-state index contributed by atoms with van der Waals surface area (Å²) >= 11 is 0. The van der Waals surface area contributed by atoms with Crippen LogP contribution in [-0.4, -0.2) is 67.5 Å². The van der Waals surface area contributed by atoms with Gasteiger partial charge in [0.15, 0.2) is 0 Å². The monoisotopic (exact) mass is 468 g/mol. The Bertz CT molecular complexity index is 1150. The van der Waals surface area contributed by atoms with Gasteiger partial charge in [-0.3, -0.25) is 9.80 Å². The van der Waals surface area contributed by atoms with Crippen LogP contribution in [0.15, 0.2) is 60.7 Å². The van der Waals surface area contributed by atoms with Crippen LogP contribution in [0.25, 0.3) is 22.8 Å². The van der Waals surface area contributed by atoms with Crippen LogP contribution in [-0.2, 0) is 22.6 Å². The van der Waals surface area contributed by atoms with Crippen LogP contribution < -0.4 is 0 Å². The molecule has 0 aromatic heterocycles. The Balaban J connectivity index is 1.41. The van der Waals surface area contributed by atoms with Crippen molar-refractivity contribution in [1.82, 2.24) is 9.80 Å². The lowest BCUT2D eigenvalue weighted by Gasteiger charge is -2.29. The lowest BCUT2D eigenvalue weighted by Crippen LogP contribution is -2.36. The molecule has 1 aliphatic carbocycles. The molecule has 2 aliphatic heterocycles. The number of nitrogens with zero attached hydrogens (tertiary/aromatic N) is 2. The van der Waals surface area contributed by atoms with Gasteiger partial charge in [-0.05, 0) is 51.6 Å². The van der Waals surface area contributed by atoms with E-state index >= 15 is 0 Å². The van der Waals surface area contributed by atoms with E-state index in [2.05, 4.69) is 76.5 Å². The molecule has 180 valence electrons. The van der Waals surface area contributed by atoms with E-state index in [4.69, 9.17) is 9.47 Å². The number of hydrogen-bond acceptors (Lipinski definition) is 5. The zero-order chi connectivity index (χ0) is 23.6. The lowest BCUT2D eigenvalue weighted by atomic mass is 9.97. The van der Waals surface area contributed by atoms with Crippen LogP contribution in [0, 0.1) is 0 Å². The number of phenols is 1. The maximum absolute atomic E-state index is 11.3. The second-order valence-corrected chi connectivity index (χ2v) is 9.61. The molecule has 6 rings (SSSR count). The standard InChI is InChI=1S/C30H32N2O3/c33-30-23(20-31-9-13-34-14-10-31)17-22(18-24(30)21-32-11-15-35-16-12-32)19-29-27-7-3-1-5-25(27)26-6-2-4-8-28(26)29/h1-8,17-19,33H,9-16,20-21H2. The van der Waals surface area contributed by atoms with Crippen LogP contribution in [0.5, 0.6) is 5.75 Å². The first-order chi connectivity index (χ1) is 17.3. The molecule has 1 N–H and O–H groups in total. The van der Waals surface area contributed by atoms with Gasteiger partial charge in [-0.1, -0.05) is 48.5 Å². The number of phenolic OH excluding ortho intramolecular Hbond substituents is 1. The maximum atomic E-state index is 11.3. The number of fused-ring (bicyclic) bond motifs is 3. The van der Waals surface area contributed by atoms with Gasteiger partial charge >= 0.3 is 0 Å². The van der Waals surface area contributed by atoms with E-state index in [9.17, 15) is 5.11 Å². The average molecular weight is 469 g/mol. The van der Waals surface area contributed by atoms with E-state index in [1.807, 2.05) is 0 Å². The fourth-order valence-electron chi connectivity index (χ4n) is 5.48. The predicted octanol–water partition coefficient (Wildman–Crippen LogP) is 4.63. The summed E-state index contributed by atoms with van der Waals surface area (Å²) in [6.07, 6.45) is 2.30. The number of hydrogen-bond donors (Lipinski definition) is 1. The van der Waals surface area contributed by atoms with Crippen molar-refractivity contribution in [2.45, 2.75) is 13.1 Å². The minimum absolute atomic E-state index is 0.428. The van der Waals surface area contributed by atoms with Crippen molar-refractivity contribution in [3.63, 3.8) is 0 Å². The van der Waals surface area contributed by atoms with Gasteiger partial charge in [0, 0.05) is 50.4 Å². The molecule has 3 aromatic carbocycles. The Morgan fingerprint density at radius 1 is 0.657 bits per heavy atom. The minimum atomic E-state index is 0.428. The fourth-order valence-corrected chi connectivity index (χ4v) is 5.48. The zero-order valence-electron chi connectivity index (χ0n) is 20.1.